The average Bonchev–Trinajstić information content (AvgIpc) is 2.49. The van der Waals surface area contributed by atoms with Crippen molar-refractivity contribution in [3.8, 4) is 0 Å². The van der Waals surface area contributed by atoms with Crippen molar-refractivity contribution in [3.05, 3.63) is 29.6 Å². The van der Waals surface area contributed by atoms with Gasteiger partial charge < -0.3 is 9.64 Å². The number of nitrogens with zero attached hydrogens (tertiary/aromatic N) is 2. The molecule has 1 aromatic heterocycles. The number of pyridine rings is 1. The molecular formula is C18H26N2O3. The first-order valence-corrected chi connectivity index (χ1v) is 8.19. The number of fused-ring (bicyclic) bond motifs is 1. The van der Waals surface area contributed by atoms with Gasteiger partial charge in [0.05, 0.1) is 18.2 Å². The molecule has 5 heteroatoms. The van der Waals surface area contributed by atoms with Gasteiger partial charge in [-0.05, 0) is 51.7 Å². The Labute approximate surface area is 138 Å². The predicted octanol–water partition coefficient (Wildman–Crippen LogP) is 3.04. The number of hydrogen-bond acceptors (Lipinski definition) is 4. The summed E-state index contributed by atoms with van der Waals surface area (Å²) in [6.07, 6.45) is 5.04. The molecule has 1 aliphatic carbocycles. The maximum atomic E-state index is 12.4. The Kier molecular flexibility index (Phi) is 5.39. The van der Waals surface area contributed by atoms with Crippen LogP contribution >= 0.6 is 0 Å². The monoisotopic (exact) mass is 318 g/mol. The van der Waals surface area contributed by atoms with E-state index in [2.05, 4.69) is 11.1 Å². The summed E-state index contributed by atoms with van der Waals surface area (Å²) in [6, 6.07) is 4.02. The van der Waals surface area contributed by atoms with Crippen molar-refractivity contribution in [2.75, 3.05) is 7.05 Å². The van der Waals surface area contributed by atoms with Crippen LogP contribution in [0.3, 0.4) is 0 Å². The Morgan fingerprint density at radius 1 is 1.35 bits per heavy atom. The zero-order chi connectivity index (χ0) is 17.0. The number of esters is 1. The van der Waals surface area contributed by atoms with Gasteiger partial charge in [-0.1, -0.05) is 6.07 Å². The smallest absolute Gasteiger partial charge is 0.306 e. The fourth-order valence-electron chi connectivity index (χ4n) is 2.91. The standard InChI is InChI=1S/C18H26N2O3/c1-18(2,3)23-16(22)11-10-15(21)20(4)14-9-5-7-13-8-6-12-19-17(13)14/h6,8,12,14H,5,7,9-11H2,1-4H3/t14-/m0/s1. The molecule has 0 saturated heterocycles. The summed E-state index contributed by atoms with van der Waals surface area (Å²) in [6.45, 7) is 5.47. The molecule has 5 nitrogen and oxygen atoms in total. The first-order chi connectivity index (χ1) is 10.8. The van der Waals surface area contributed by atoms with Gasteiger partial charge in [0, 0.05) is 19.7 Å². The molecule has 0 spiro atoms. The Bertz CT molecular complexity index is 578. The highest BCUT2D eigenvalue weighted by atomic mass is 16.6. The third-order valence-corrected chi connectivity index (χ3v) is 3.99. The summed E-state index contributed by atoms with van der Waals surface area (Å²) in [4.78, 5) is 30.4. The van der Waals surface area contributed by atoms with E-state index in [0.29, 0.717) is 0 Å². The number of aromatic nitrogens is 1. The number of ether oxygens (including phenoxy) is 1. The Morgan fingerprint density at radius 2 is 2.09 bits per heavy atom. The molecule has 1 atom stereocenters. The topological polar surface area (TPSA) is 59.5 Å². The van der Waals surface area contributed by atoms with Crippen molar-refractivity contribution in [3.63, 3.8) is 0 Å². The van der Waals surface area contributed by atoms with Crippen molar-refractivity contribution in [1.82, 2.24) is 9.88 Å². The zero-order valence-corrected chi connectivity index (χ0v) is 14.5. The van der Waals surface area contributed by atoms with Crippen molar-refractivity contribution >= 4 is 11.9 Å². The van der Waals surface area contributed by atoms with Crippen LogP contribution in [0.5, 0.6) is 0 Å². The fraction of sp³-hybridized carbons (Fsp3) is 0.611. The zero-order valence-electron chi connectivity index (χ0n) is 14.5. The van der Waals surface area contributed by atoms with Gasteiger partial charge in [0.2, 0.25) is 5.91 Å². The quantitative estimate of drug-likeness (QED) is 0.801. The first kappa shape index (κ1) is 17.4. The second kappa shape index (κ2) is 7.11. The molecule has 0 N–H and O–H groups in total. The molecule has 1 aromatic rings. The van der Waals surface area contributed by atoms with Crippen LogP contribution in [0, 0.1) is 0 Å². The van der Waals surface area contributed by atoms with E-state index in [1.165, 1.54) is 5.56 Å². The molecule has 0 unspecified atom stereocenters. The molecule has 0 fully saturated rings. The van der Waals surface area contributed by atoms with E-state index in [1.807, 2.05) is 26.8 Å². The Morgan fingerprint density at radius 3 is 2.78 bits per heavy atom. The first-order valence-electron chi connectivity index (χ1n) is 8.19. The van der Waals surface area contributed by atoms with Gasteiger partial charge in [-0.15, -0.1) is 0 Å². The summed E-state index contributed by atoms with van der Waals surface area (Å²) < 4.78 is 5.25. The number of hydrogen-bond donors (Lipinski definition) is 0. The minimum atomic E-state index is -0.516. The van der Waals surface area contributed by atoms with Crippen LogP contribution in [0.15, 0.2) is 18.3 Å². The van der Waals surface area contributed by atoms with Gasteiger partial charge in [-0.3, -0.25) is 14.6 Å². The minimum absolute atomic E-state index is 0.00564. The molecular weight excluding hydrogens is 292 g/mol. The predicted molar refractivity (Wildman–Crippen MR) is 87.8 cm³/mol. The molecule has 23 heavy (non-hydrogen) atoms. The normalized spacial score (nSPS) is 17.3. The lowest BCUT2D eigenvalue weighted by molar-refractivity contribution is -0.156. The lowest BCUT2D eigenvalue weighted by atomic mass is 9.91. The lowest BCUT2D eigenvalue weighted by Crippen LogP contribution is -2.34. The van der Waals surface area contributed by atoms with E-state index in [4.69, 9.17) is 4.74 Å². The molecule has 0 aromatic carbocycles. The second-order valence-corrected chi connectivity index (χ2v) is 7.05. The van der Waals surface area contributed by atoms with Crippen LogP contribution < -0.4 is 0 Å². The van der Waals surface area contributed by atoms with Crippen LogP contribution in [0.1, 0.15) is 63.8 Å². The fourth-order valence-corrected chi connectivity index (χ4v) is 2.91. The third kappa shape index (κ3) is 4.78. The van der Waals surface area contributed by atoms with E-state index >= 15 is 0 Å². The molecule has 0 radical (unpaired) electrons. The number of carbonyl (C=O) groups excluding carboxylic acids is 2. The van der Waals surface area contributed by atoms with Crippen LogP contribution in [0.25, 0.3) is 0 Å². The number of amides is 1. The van der Waals surface area contributed by atoms with Gasteiger partial charge in [0.25, 0.3) is 0 Å². The molecule has 0 saturated carbocycles. The summed E-state index contributed by atoms with van der Waals surface area (Å²) in [7, 11) is 1.80. The molecule has 1 aliphatic rings. The summed E-state index contributed by atoms with van der Waals surface area (Å²) in [5.74, 6) is -0.374. The summed E-state index contributed by atoms with van der Waals surface area (Å²) >= 11 is 0. The highest BCUT2D eigenvalue weighted by molar-refractivity contribution is 5.81. The lowest BCUT2D eigenvalue weighted by Gasteiger charge is -2.32. The van der Waals surface area contributed by atoms with E-state index in [0.717, 1.165) is 25.0 Å². The number of rotatable bonds is 4. The van der Waals surface area contributed by atoms with E-state index in [9.17, 15) is 9.59 Å². The van der Waals surface area contributed by atoms with Crippen molar-refractivity contribution in [2.24, 2.45) is 0 Å². The van der Waals surface area contributed by atoms with Crippen molar-refractivity contribution in [2.45, 2.75) is 64.5 Å². The van der Waals surface area contributed by atoms with E-state index < -0.39 is 5.60 Å². The molecule has 1 heterocycles. The van der Waals surface area contributed by atoms with Crippen LogP contribution in [0.4, 0.5) is 0 Å². The van der Waals surface area contributed by atoms with Crippen molar-refractivity contribution < 1.29 is 14.3 Å². The second-order valence-electron chi connectivity index (χ2n) is 7.05. The average molecular weight is 318 g/mol. The molecule has 0 bridgehead atoms. The highest BCUT2D eigenvalue weighted by Crippen LogP contribution is 2.32. The van der Waals surface area contributed by atoms with Gasteiger partial charge >= 0.3 is 5.97 Å². The molecule has 0 aliphatic heterocycles. The maximum Gasteiger partial charge on any atom is 0.306 e. The SMILES string of the molecule is CN(C(=O)CCC(=O)OC(C)(C)C)[C@H]1CCCc2cccnc21. The van der Waals surface area contributed by atoms with Gasteiger partial charge in [-0.25, -0.2) is 0 Å². The molecule has 1 amide bonds. The Hall–Kier alpha value is -1.91. The molecule has 2 rings (SSSR count). The van der Waals surface area contributed by atoms with Gasteiger partial charge in [0.15, 0.2) is 0 Å². The van der Waals surface area contributed by atoms with Gasteiger partial charge in [-0.2, -0.15) is 0 Å². The van der Waals surface area contributed by atoms with E-state index in [-0.39, 0.29) is 30.8 Å². The number of aryl methyl sites for hydroxylation is 1. The van der Waals surface area contributed by atoms with E-state index in [1.54, 1.807) is 18.1 Å². The number of carbonyl (C=O) groups is 2. The van der Waals surface area contributed by atoms with Crippen LogP contribution in [0.2, 0.25) is 0 Å². The summed E-state index contributed by atoms with van der Waals surface area (Å²) in [5.41, 5.74) is 1.69. The Balaban J connectivity index is 1.95. The molecule has 126 valence electrons. The third-order valence-electron chi connectivity index (χ3n) is 3.99. The highest BCUT2D eigenvalue weighted by Gasteiger charge is 2.28. The van der Waals surface area contributed by atoms with Gasteiger partial charge in [0.1, 0.15) is 5.60 Å². The largest absolute Gasteiger partial charge is 0.460 e. The van der Waals surface area contributed by atoms with Crippen molar-refractivity contribution in [1.29, 1.82) is 0 Å². The maximum absolute atomic E-state index is 12.4. The summed E-state index contributed by atoms with van der Waals surface area (Å²) in [5, 5.41) is 0. The van der Waals surface area contributed by atoms with Crippen LogP contribution in [-0.2, 0) is 20.7 Å². The minimum Gasteiger partial charge on any atom is -0.460 e. The van der Waals surface area contributed by atoms with Crippen LogP contribution in [-0.4, -0.2) is 34.4 Å².